The van der Waals surface area contributed by atoms with Gasteiger partial charge in [-0.05, 0) is 0 Å². The Kier molecular flexibility index (Phi) is 1.71. The number of hydrogen-bond donors (Lipinski definition) is 0. The van der Waals surface area contributed by atoms with Gasteiger partial charge in [-0.2, -0.15) is 0 Å². The zero-order chi connectivity index (χ0) is 7.68. The topological polar surface area (TPSA) is 51.8 Å². The molecule has 0 saturated carbocycles. The van der Waals surface area contributed by atoms with E-state index in [1.54, 1.807) is 5.51 Å². The van der Waals surface area contributed by atoms with Gasteiger partial charge in [-0.15, -0.1) is 21.5 Å². The van der Waals surface area contributed by atoms with Crippen LogP contribution < -0.4 is 0 Å². The molecule has 0 aliphatic heterocycles. The maximum absolute atomic E-state index is 5.07. The van der Waals surface area contributed by atoms with Crippen LogP contribution in [0.1, 0.15) is 0 Å². The lowest BCUT2D eigenvalue weighted by Gasteiger charge is -1.80. The highest BCUT2D eigenvalue weighted by Crippen LogP contribution is 2.18. The van der Waals surface area contributed by atoms with E-state index in [4.69, 9.17) is 4.42 Å². The smallest absolute Gasteiger partial charge is 0.285 e. The molecule has 0 unspecified atom stereocenters. The summed E-state index contributed by atoms with van der Waals surface area (Å²) >= 11 is 4.54. The normalized spacial score (nSPS) is 10.3. The standard InChI is InChI=1S/C5H2BrN3OS/c6-5-9-8-4(10-5)3-1-11-2-7-3/h1-2H. The number of rotatable bonds is 1. The van der Waals surface area contributed by atoms with Crippen LogP contribution in [-0.2, 0) is 0 Å². The summed E-state index contributed by atoms with van der Waals surface area (Å²) in [4.78, 5) is 4.38. The van der Waals surface area contributed by atoms with Crippen molar-refractivity contribution in [1.29, 1.82) is 0 Å². The van der Waals surface area contributed by atoms with E-state index in [1.807, 2.05) is 5.38 Å². The first kappa shape index (κ1) is 6.93. The molecule has 0 fully saturated rings. The molecule has 0 N–H and O–H groups in total. The van der Waals surface area contributed by atoms with E-state index in [0.29, 0.717) is 16.4 Å². The van der Waals surface area contributed by atoms with E-state index < -0.39 is 0 Å². The molecule has 0 aliphatic rings. The van der Waals surface area contributed by atoms with Crippen molar-refractivity contribution in [2.75, 3.05) is 0 Å². The van der Waals surface area contributed by atoms with Crippen molar-refractivity contribution in [1.82, 2.24) is 15.2 Å². The molecule has 2 heterocycles. The lowest BCUT2D eigenvalue weighted by Crippen LogP contribution is -1.74. The Morgan fingerprint density at radius 3 is 2.91 bits per heavy atom. The van der Waals surface area contributed by atoms with Gasteiger partial charge in [0.15, 0.2) is 0 Å². The van der Waals surface area contributed by atoms with Crippen molar-refractivity contribution >= 4 is 27.3 Å². The van der Waals surface area contributed by atoms with E-state index in [9.17, 15) is 0 Å². The van der Waals surface area contributed by atoms with E-state index in [-0.39, 0.29) is 0 Å². The Balaban J connectivity index is 2.45. The number of thiazole rings is 1. The highest BCUT2D eigenvalue weighted by molar-refractivity contribution is 9.10. The maximum atomic E-state index is 5.07. The molecule has 0 aromatic carbocycles. The predicted octanol–water partition coefficient (Wildman–Crippen LogP) is 1.96. The summed E-state index contributed by atoms with van der Waals surface area (Å²) in [5, 5.41) is 9.22. The van der Waals surface area contributed by atoms with Gasteiger partial charge in [-0.25, -0.2) is 4.98 Å². The van der Waals surface area contributed by atoms with Crippen LogP contribution in [0.4, 0.5) is 0 Å². The summed E-state index contributed by atoms with van der Waals surface area (Å²) in [7, 11) is 0. The second-order valence-corrected chi connectivity index (χ2v) is 3.13. The van der Waals surface area contributed by atoms with Crippen molar-refractivity contribution < 1.29 is 4.42 Å². The quantitative estimate of drug-likeness (QED) is 0.753. The third kappa shape index (κ3) is 1.31. The van der Waals surface area contributed by atoms with Crippen LogP contribution in [0.2, 0.25) is 0 Å². The monoisotopic (exact) mass is 231 g/mol. The minimum absolute atomic E-state index is 0.375. The first-order valence-corrected chi connectivity index (χ1v) is 4.47. The average Bonchev–Trinajstić information content (AvgIpc) is 2.55. The largest absolute Gasteiger partial charge is 0.409 e. The van der Waals surface area contributed by atoms with Crippen molar-refractivity contribution in [2.45, 2.75) is 0 Å². The van der Waals surface area contributed by atoms with Crippen molar-refractivity contribution in [2.24, 2.45) is 0 Å². The highest BCUT2D eigenvalue weighted by atomic mass is 79.9. The zero-order valence-electron chi connectivity index (χ0n) is 5.19. The lowest BCUT2D eigenvalue weighted by atomic mass is 10.5. The molecule has 4 nitrogen and oxygen atoms in total. The van der Waals surface area contributed by atoms with Gasteiger partial charge < -0.3 is 4.42 Å². The Hall–Kier alpha value is -0.750. The highest BCUT2D eigenvalue weighted by Gasteiger charge is 2.06. The maximum Gasteiger partial charge on any atom is 0.285 e. The summed E-state index contributed by atoms with van der Waals surface area (Å²) in [5.74, 6) is 0.443. The van der Waals surface area contributed by atoms with E-state index in [1.165, 1.54) is 11.3 Å². The van der Waals surface area contributed by atoms with Crippen LogP contribution in [0.25, 0.3) is 11.6 Å². The fraction of sp³-hybridized carbons (Fsp3) is 0. The van der Waals surface area contributed by atoms with E-state index in [0.717, 1.165) is 0 Å². The Morgan fingerprint density at radius 1 is 1.45 bits per heavy atom. The minimum atomic E-state index is 0.375. The molecule has 0 spiro atoms. The van der Waals surface area contributed by atoms with E-state index in [2.05, 4.69) is 31.1 Å². The first-order valence-electron chi connectivity index (χ1n) is 2.74. The van der Waals surface area contributed by atoms with Crippen molar-refractivity contribution in [3.05, 3.63) is 15.7 Å². The van der Waals surface area contributed by atoms with Crippen LogP contribution in [0, 0.1) is 0 Å². The fourth-order valence-electron chi connectivity index (χ4n) is 0.627. The van der Waals surface area contributed by atoms with Crippen LogP contribution in [0.5, 0.6) is 0 Å². The van der Waals surface area contributed by atoms with Crippen LogP contribution in [0.3, 0.4) is 0 Å². The Morgan fingerprint density at radius 2 is 2.36 bits per heavy atom. The van der Waals surface area contributed by atoms with Gasteiger partial charge in [0.1, 0.15) is 5.69 Å². The molecule has 2 rings (SSSR count). The third-order valence-corrected chi connectivity index (χ3v) is 1.96. The van der Waals surface area contributed by atoms with Gasteiger partial charge in [-0.3, -0.25) is 0 Å². The van der Waals surface area contributed by atoms with Crippen LogP contribution >= 0.6 is 27.3 Å². The molecule has 2 aromatic heterocycles. The van der Waals surface area contributed by atoms with Gasteiger partial charge in [0.25, 0.3) is 10.7 Å². The average molecular weight is 232 g/mol. The molecular formula is C5H2BrN3OS. The molecule has 0 radical (unpaired) electrons. The number of hydrogen-bond acceptors (Lipinski definition) is 5. The molecule has 11 heavy (non-hydrogen) atoms. The van der Waals surface area contributed by atoms with Gasteiger partial charge >= 0.3 is 0 Å². The Bertz CT molecular complexity index is 344. The summed E-state index contributed by atoms with van der Waals surface area (Å²) in [5.41, 5.74) is 2.43. The molecule has 0 aliphatic carbocycles. The van der Waals surface area contributed by atoms with Crippen LogP contribution in [0.15, 0.2) is 20.1 Å². The second-order valence-electron chi connectivity index (χ2n) is 1.73. The van der Waals surface area contributed by atoms with Crippen molar-refractivity contribution in [3.8, 4) is 11.6 Å². The number of nitrogens with zero attached hydrogens (tertiary/aromatic N) is 3. The zero-order valence-corrected chi connectivity index (χ0v) is 7.59. The summed E-state index contributed by atoms with van der Waals surface area (Å²) in [6, 6.07) is 0. The molecule has 0 saturated heterocycles. The lowest BCUT2D eigenvalue weighted by molar-refractivity contribution is 0.539. The molecule has 0 amide bonds. The Labute approximate surface area is 74.4 Å². The SMILES string of the molecule is Brc1nnc(-c2cscn2)o1. The molecule has 6 heteroatoms. The molecule has 0 atom stereocenters. The molecule has 0 bridgehead atoms. The molecule has 2 aromatic rings. The summed E-state index contributed by atoms with van der Waals surface area (Å²) < 4.78 is 5.07. The predicted molar refractivity (Wildman–Crippen MR) is 43.1 cm³/mol. The summed E-state index contributed by atoms with van der Waals surface area (Å²) in [6.45, 7) is 0. The van der Waals surface area contributed by atoms with Crippen LogP contribution in [-0.4, -0.2) is 15.2 Å². The van der Waals surface area contributed by atoms with Gasteiger partial charge in [0, 0.05) is 21.3 Å². The first-order chi connectivity index (χ1) is 5.36. The number of aromatic nitrogens is 3. The van der Waals surface area contributed by atoms with Gasteiger partial charge in [0.2, 0.25) is 0 Å². The van der Waals surface area contributed by atoms with Crippen molar-refractivity contribution in [3.63, 3.8) is 0 Å². The molecular weight excluding hydrogens is 230 g/mol. The fourth-order valence-corrected chi connectivity index (χ4v) is 1.39. The third-order valence-electron chi connectivity index (χ3n) is 1.05. The summed E-state index contributed by atoms with van der Waals surface area (Å²) in [6.07, 6.45) is 0. The van der Waals surface area contributed by atoms with Gasteiger partial charge in [0.05, 0.1) is 5.51 Å². The second kappa shape index (κ2) is 2.71. The van der Waals surface area contributed by atoms with E-state index >= 15 is 0 Å². The molecule has 56 valence electrons. The minimum Gasteiger partial charge on any atom is -0.409 e. The number of halogens is 1. The van der Waals surface area contributed by atoms with Gasteiger partial charge in [-0.1, -0.05) is 0 Å².